The van der Waals surface area contributed by atoms with Crippen LogP contribution in [0.4, 0.5) is 0 Å². The predicted molar refractivity (Wildman–Crippen MR) is 503 cm³/mol. The molecule has 21 fully saturated rings. The molecule has 2 N–H and O–H groups in total. The highest BCUT2D eigenvalue weighted by Gasteiger charge is 2.93. The topological polar surface area (TPSA) is 397 Å². The molecule has 16 heterocycles. The molecule has 9 aliphatic carbocycles. The number of Topliss-reactive ketones (excluding diaryl/α,β-unsaturated/α-hetero) is 5. The Hall–Kier alpha value is -8.36. The van der Waals surface area contributed by atoms with E-state index in [4.69, 9.17) is 79.2 Å². The van der Waals surface area contributed by atoms with Gasteiger partial charge in [-0.05, 0) is 198 Å². The smallest absolute Gasteiger partial charge is 0.335 e. The van der Waals surface area contributed by atoms with Gasteiger partial charge in [0.05, 0.1) is 138 Å². The molecule has 4 aromatic rings. The minimum Gasteiger partial charge on any atom is -0.487 e. The molecule has 4 aromatic heterocycles. The second kappa shape index (κ2) is 31.1. The fraction of sp³-hybridized carbons (Fsp3) is 0.730. The monoisotopic (exact) mass is 1950 g/mol. The first kappa shape index (κ1) is 100.0. The number of carboxylic acid groups (broad SMARTS) is 1. The lowest BCUT2D eigenvalue weighted by molar-refractivity contribution is -0.228. The maximum atomic E-state index is 14.5. The van der Waals surface area contributed by atoms with Crippen LogP contribution in [0, 0.1) is 118 Å². The van der Waals surface area contributed by atoms with Crippen molar-refractivity contribution in [1.82, 2.24) is 0 Å². The summed E-state index contributed by atoms with van der Waals surface area (Å²) in [6.07, 6.45) is 16.6. The van der Waals surface area contributed by atoms with E-state index >= 15 is 0 Å². The summed E-state index contributed by atoms with van der Waals surface area (Å²) in [4.78, 5) is 132. The lowest BCUT2D eigenvalue weighted by Crippen LogP contribution is -2.72. The molecule has 141 heavy (non-hydrogen) atoms. The number of furan rings is 4. The molecule has 29 nitrogen and oxygen atoms in total. The van der Waals surface area contributed by atoms with E-state index in [1.807, 2.05) is 66.7 Å². The van der Waals surface area contributed by atoms with Gasteiger partial charge in [-0.2, -0.15) is 0 Å². The molecule has 30 heteroatoms. The standard InChI is InChI=1S/C30H38O7.C27H34O8.C27H32O7.C26H34O7.CH4.B.H2/c1-16-24-30(37-24)27(5,25(35-16)18-9-11-34-15-18)10-8-20-28(6)21(13-22(33)29(20,30)7)26(3,4)14-19(32)12-23(28)36-17(2)31;1-14(15-7-9-32-12-15)24(4)8-6-16-25(5,27(24)21(35-27)22(30)31)18(28)10-17-23(2,3)34-19-11-20(29)33-13-26(16,17)19;1-14-21-27(34-21)24(4,22(32-14)15-7-9-30-12-15)8-6-16-25(27,5)18(28)10-17-23(2,3)33-19-11-20(29)31-13-26(16,17)19;1-14-26(32-14)23(4,21(29)15-7-9-30-12-15)8-6-16-24(26,5)18(27)10-17-22(2,3)33-19-11-20(28)31-13-25(16,17)19;;;/h9,11,15,20-21,23-25H,1,8,10,12-14H2,2-7H3;7,9,12,14,16-17,19,21H,6,8,10-11,13H2,1-5H3,(H,30,31);7,9,12,16-17,19,21-22H,1,6,8,10-11,13H2,2-5H3;7,9,12,14,16-17,19,21,29H,6,8,10-11,13H2,1-5H3;1H4;;1H/t20?,21?,23?,24?,25-,27-,28?,29?,30?;14-,16?,17?,19?,21?,24-,25?,26?,27?;16?,17?,19?,21?,22-,24-,25?,26?,27?;14?,16?,17?,19?,21-,23-,24?,25?,26?;;;/m0000.../s1/i;;;;;;1+1. The van der Waals surface area contributed by atoms with Crippen LogP contribution in [0.2, 0.25) is 0 Å². The number of hydrogen-bond donors (Lipinski definition) is 2. The average Bonchev–Trinajstić information content (AvgIpc) is 1.45. The van der Waals surface area contributed by atoms with E-state index in [9.17, 15) is 58.2 Å². The zero-order valence-corrected chi connectivity index (χ0v) is 84.5. The van der Waals surface area contributed by atoms with Crippen molar-refractivity contribution in [1.29, 1.82) is 0 Å². The molecular formula is C111H144BO29. The fourth-order valence-electron chi connectivity index (χ4n) is 37.7. The van der Waals surface area contributed by atoms with Crippen molar-refractivity contribution in [2.45, 2.75) is 367 Å². The van der Waals surface area contributed by atoms with Crippen LogP contribution in [-0.2, 0) is 110 Å². The van der Waals surface area contributed by atoms with E-state index in [-0.39, 0.29) is 212 Å². The Balaban J connectivity index is 0.000000119. The van der Waals surface area contributed by atoms with Gasteiger partial charge in [-0.15, -0.1) is 0 Å². The van der Waals surface area contributed by atoms with Crippen LogP contribution in [0.5, 0.6) is 0 Å². The summed E-state index contributed by atoms with van der Waals surface area (Å²) >= 11 is 0. The zero-order chi connectivity index (χ0) is 99.4. The third kappa shape index (κ3) is 12.0. The number of carbonyl (C=O) groups excluding carboxylic acids is 9. The van der Waals surface area contributed by atoms with Gasteiger partial charge in [0, 0.05) is 133 Å². The average molecular weight is 1950 g/mol. The molecule has 9 saturated carbocycles. The number of cyclic esters (lactones) is 3. The molecule has 0 amide bonds. The Morgan fingerprint density at radius 1 is 0.440 bits per heavy atom. The molecule has 12 saturated heterocycles. The Bertz CT molecular complexity index is 5860. The van der Waals surface area contributed by atoms with Gasteiger partial charge in [-0.1, -0.05) is 76.0 Å². The van der Waals surface area contributed by atoms with Crippen LogP contribution in [0.3, 0.4) is 0 Å². The molecule has 36 atom stereocenters. The molecule has 0 bridgehead atoms. The predicted octanol–water partition coefficient (Wildman–Crippen LogP) is 17.3. The number of carboxylic acids is 1. The molecule has 765 valence electrons. The summed E-state index contributed by atoms with van der Waals surface area (Å²) in [5, 5.41) is 21.8. The number of aliphatic hydroxyl groups excluding tert-OH is 1. The maximum absolute atomic E-state index is 14.5. The van der Waals surface area contributed by atoms with Gasteiger partial charge in [-0.25, -0.2) is 4.79 Å². The zero-order valence-electron chi connectivity index (χ0n) is 84.5. The Morgan fingerprint density at radius 3 is 1.19 bits per heavy atom. The van der Waals surface area contributed by atoms with Crippen LogP contribution in [0.15, 0.2) is 117 Å². The van der Waals surface area contributed by atoms with Crippen LogP contribution in [0.25, 0.3) is 0 Å². The number of fused-ring (bicyclic) bond motifs is 8. The normalized spacial score (nSPS) is 49.1. The van der Waals surface area contributed by atoms with Gasteiger partial charge in [0.25, 0.3) is 0 Å². The van der Waals surface area contributed by atoms with Crippen molar-refractivity contribution in [3.8, 4) is 0 Å². The van der Waals surface area contributed by atoms with Gasteiger partial charge in [0.2, 0.25) is 0 Å². The van der Waals surface area contributed by atoms with Crippen molar-refractivity contribution >= 4 is 67.2 Å². The first-order valence-electron chi connectivity index (χ1n) is 50.8. The molecule has 3 radical (unpaired) electrons. The number of epoxide rings is 4. The summed E-state index contributed by atoms with van der Waals surface area (Å²) in [5.41, 5.74) is -9.77. The first-order valence-corrected chi connectivity index (χ1v) is 50.8. The van der Waals surface area contributed by atoms with E-state index in [1.165, 1.54) is 6.92 Å². The van der Waals surface area contributed by atoms with Crippen molar-refractivity contribution < 1.29 is 139 Å². The number of ketones is 5. The summed E-state index contributed by atoms with van der Waals surface area (Å²) in [5.74, 6) is -1.20. The highest BCUT2D eigenvalue weighted by molar-refractivity contribution is 5.94. The summed E-state index contributed by atoms with van der Waals surface area (Å²) in [6, 6.07) is 7.52. The Morgan fingerprint density at radius 2 is 0.809 bits per heavy atom. The fourth-order valence-corrected chi connectivity index (χ4v) is 37.7. The number of ether oxygens (including phenoxy) is 13. The molecule has 21 aliphatic rings. The van der Waals surface area contributed by atoms with Crippen LogP contribution in [0.1, 0.15) is 303 Å². The van der Waals surface area contributed by atoms with Crippen molar-refractivity contribution in [3.63, 3.8) is 0 Å². The van der Waals surface area contributed by atoms with Crippen molar-refractivity contribution in [2.75, 3.05) is 19.8 Å². The summed E-state index contributed by atoms with van der Waals surface area (Å²) < 4.78 is 103. The largest absolute Gasteiger partial charge is 0.487 e. The quantitative estimate of drug-likeness (QED) is 0.0716. The summed E-state index contributed by atoms with van der Waals surface area (Å²) in [6.45, 7) is 49.8. The van der Waals surface area contributed by atoms with E-state index in [0.29, 0.717) is 68.6 Å². The minimum atomic E-state index is -1.18. The second-order valence-electron chi connectivity index (χ2n) is 50.3. The van der Waals surface area contributed by atoms with Gasteiger partial charge >= 0.3 is 29.8 Å². The molecule has 28 unspecified atom stereocenters. The number of esters is 4. The van der Waals surface area contributed by atoms with Crippen LogP contribution >= 0.6 is 0 Å². The van der Waals surface area contributed by atoms with E-state index in [0.717, 1.165) is 48.8 Å². The summed E-state index contributed by atoms with van der Waals surface area (Å²) in [7, 11) is 0. The van der Waals surface area contributed by atoms with Gasteiger partial charge in [0.15, 0.2) is 6.10 Å². The van der Waals surface area contributed by atoms with Crippen LogP contribution in [-0.4, -0.2) is 185 Å². The third-order valence-corrected chi connectivity index (χ3v) is 43.9. The number of rotatable bonds is 8. The lowest BCUT2D eigenvalue weighted by Gasteiger charge is -2.66. The number of aliphatic carboxylic acids is 1. The minimum absolute atomic E-state index is 0. The Kier molecular flexibility index (Phi) is 22.1. The molecular weight excluding hydrogens is 1810 g/mol. The second-order valence-corrected chi connectivity index (χ2v) is 50.3. The van der Waals surface area contributed by atoms with Gasteiger partial charge in [-0.3, -0.25) is 43.2 Å². The van der Waals surface area contributed by atoms with E-state index in [2.05, 4.69) is 96.2 Å². The molecule has 25 rings (SSSR count). The van der Waals surface area contributed by atoms with Gasteiger partial charge < -0.3 is 89.5 Å². The van der Waals surface area contributed by atoms with Crippen molar-refractivity contribution in [2.24, 2.45) is 118 Å². The van der Waals surface area contributed by atoms with Crippen LogP contribution < -0.4 is 0 Å². The van der Waals surface area contributed by atoms with E-state index in [1.54, 1.807) is 56.2 Å². The molecule has 7 spiro atoms. The third-order valence-electron chi connectivity index (χ3n) is 43.9. The first-order chi connectivity index (χ1) is 65.1. The van der Waals surface area contributed by atoms with E-state index < -0.39 is 140 Å². The number of aliphatic hydroxyl groups is 1. The maximum Gasteiger partial charge on any atom is 0.335 e. The Labute approximate surface area is 827 Å². The number of hydrogen-bond acceptors (Lipinski definition) is 28. The highest BCUT2D eigenvalue weighted by Crippen LogP contribution is 2.86. The molecule has 0 aromatic carbocycles. The highest BCUT2D eigenvalue weighted by atomic mass is 16.7. The van der Waals surface area contributed by atoms with Crippen molar-refractivity contribution in [3.05, 3.63) is 121 Å². The van der Waals surface area contributed by atoms with Gasteiger partial charge in [0.1, 0.15) is 113 Å². The SMILES string of the molecule is C.C=C1O[C@@H](c2ccoc2)[C@]2(C)CCC3C4(C)C(OC(C)=O)CC(=O)CC(C)(C)C4CC(=O)C3(C)C23OC13.C=C1O[C@@H](c2ccoc2)[C@]2(C)CCC3C45COC(=O)CC4OC(C)(C)C5CC(=O)C3(C)C23OC13.CC1OC12C1(C)C(=O)CC3C(C)(C)OC4CC(=O)OCC43C1CC[C@@]2(C)[C@@H](O)c1ccoc1.C[C@@H](c1ccoc1)[C@]1(C)CCC2C34COC(=O)CC3OC(C)(C)C4CC(=O)C2(C)C12OC2C(=O)O.[2HH].[B]. The number of carbonyl (C=O) groups is 10. The lowest BCUT2D eigenvalue weighted by atomic mass is 9.36. The molecule has 12 aliphatic heterocycles.